The molecule has 2 nitrogen and oxygen atoms in total. The summed E-state index contributed by atoms with van der Waals surface area (Å²) in [5.74, 6) is 0.416. The average Bonchev–Trinajstić information content (AvgIpc) is 2.72. The van der Waals surface area contributed by atoms with Gasteiger partial charge in [-0.3, -0.25) is 0 Å². The fourth-order valence-corrected chi connectivity index (χ4v) is 1.52. The molecule has 0 amide bonds. The van der Waals surface area contributed by atoms with Gasteiger partial charge in [-0.15, -0.1) is 0 Å². The standard InChI is InChI=1S/C12H12O2/c13-12(10-6-4-5-7-10)14-11-8-2-1-3-9-11/h1-3,6,8-9H,4-5,7H2. The largest absolute Gasteiger partial charge is 0.423 e. The third-order valence-corrected chi connectivity index (χ3v) is 2.26. The van der Waals surface area contributed by atoms with Crippen LogP contribution in [0.1, 0.15) is 19.3 Å². The third-order valence-electron chi connectivity index (χ3n) is 2.26. The molecule has 0 bridgehead atoms. The summed E-state index contributed by atoms with van der Waals surface area (Å²) in [5.41, 5.74) is 0.814. The summed E-state index contributed by atoms with van der Waals surface area (Å²) in [6.07, 6.45) is 4.88. The van der Waals surface area contributed by atoms with Crippen LogP contribution in [0.25, 0.3) is 0 Å². The van der Waals surface area contributed by atoms with Gasteiger partial charge in [0, 0.05) is 5.57 Å². The molecule has 0 N–H and O–H groups in total. The molecule has 72 valence electrons. The zero-order valence-corrected chi connectivity index (χ0v) is 7.90. The summed E-state index contributed by atoms with van der Waals surface area (Å²) in [6, 6.07) is 9.17. The Morgan fingerprint density at radius 2 is 2.00 bits per heavy atom. The lowest BCUT2D eigenvalue weighted by atomic mass is 10.2. The van der Waals surface area contributed by atoms with Crippen LogP contribution in [-0.4, -0.2) is 5.97 Å². The van der Waals surface area contributed by atoms with Crippen molar-refractivity contribution >= 4 is 5.97 Å². The first kappa shape index (κ1) is 9.00. The summed E-state index contributed by atoms with van der Waals surface area (Å²) in [5, 5.41) is 0. The van der Waals surface area contributed by atoms with Gasteiger partial charge in [-0.05, 0) is 31.4 Å². The molecule has 1 aliphatic rings. The molecule has 0 fully saturated rings. The van der Waals surface area contributed by atoms with Gasteiger partial charge in [-0.25, -0.2) is 4.79 Å². The minimum atomic E-state index is -0.200. The number of para-hydroxylation sites is 1. The molecule has 0 heterocycles. The Hall–Kier alpha value is -1.57. The number of hydrogen-bond acceptors (Lipinski definition) is 2. The Morgan fingerprint density at radius 1 is 1.21 bits per heavy atom. The molecule has 2 rings (SSSR count). The molecular formula is C12H12O2. The summed E-state index contributed by atoms with van der Waals surface area (Å²) < 4.78 is 5.19. The van der Waals surface area contributed by atoms with E-state index >= 15 is 0 Å². The van der Waals surface area contributed by atoms with Crippen LogP contribution < -0.4 is 4.74 Å². The minimum absolute atomic E-state index is 0.200. The van der Waals surface area contributed by atoms with Crippen LogP contribution in [0.15, 0.2) is 42.0 Å². The van der Waals surface area contributed by atoms with Crippen LogP contribution in [0.3, 0.4) is 0 Å². The van der Waals surface area contributed by atoms with Crippen LogP contribution in [0.2, 0.25) is 0 Å². The zero-order valence-electron chi connectivity index (χ0n) is 7.90. The van der Waals surface area contributed by atoms with Crippen LogP contribution in [0, 0.1) is 0 Å². The van der Waals surface area contributed by atoms with Gasteiger partial charge in [0.05, 0.1) is 0 Å². The van der Waals surface area contributed by atoms with E-state index in [2.05, 4.69) is 0 Å². The predicted molar refractivity (Wildman–Crippen MR) is 54.0 cm³/mol. The Labute approximate surface area is 83.2 Å². The fourth-order valence-electron chi connectivity index (χ4n) is 1.52. The maximum absolute atomic E-state index is 11.5. The highest BCUT2D eigenvalue weighted by Gasteiger charge is 2.14. The van der Waals surface area contributed by atoms with Gasteiger partial charge in [-0.2, -0.15) is 0 Å². The molecule has 1 aromatic carbocycles. The first-order valence-corrected chi connectivity index (χ1v) is 4.82. The lowest BCUT2D eigenvalue weighted by molar-refractivity contribution is -0.130. The third kappa shape index (κ3) is 2.02. The molecule has 0 aromatic heterocycles. The lowest BCUT2D eigenvalue weighted by Gasteiger charge is -2.03. The number of ether oxygens (including phenoxy) is 1. The molecule has 0 saturated heterocycles. The molecule has 0 unspecified atom stereocenters. The predicted octanol–water partition coefficient (Wildman–Crippen LogP) is 2.70. The van der Waals surface area contributed by atoms with Crippen molar-refractivity contribution in [1.29, 1.82) is 0 Å². The highest BCUT2D eigenvalue weighted by atomic mass is 16.5. The molecule has 1 aliphatic carbocycles. The Kier molecular flexibility index (Phi) is 2.63. The number of carbonyl (C=O) groups is 1. The van der Waals surface area contributed by atoms with Gasteiger partial charge < -0.3 is 4.74 Å². The number of carbonyl (C=O) groups excluding carboxylic acids is 1. The molecule has 0 aliphatic heterocycles. The SMILES string of the molecule is O=C(Oc1ccccc1)C1=CCCC1. The van der Waals surface area contributed by atoms with Crippen LogP contribution in [0.5, 0.6) is 5.75 Å². The normalized spacial score (nSPS) is 15.0. The van der Waals surface area contributed by atoms with E-state index in [-0.39, 0.29) is 5.97 Å². The number of allylic oxidation sites excluding steroid dienone is 1. The van der Waals surface area contributed by atoms with Crippen molar-refractivity contribution in [2.24, 2.45) is 0 Å². The monoisotopic (exact) mass is 188 g/mol. The number of rotatable bonds is 2. The van der Waals surface area contributed by atoms with Gasteiger partial charge in [0.2, 0.25) is 0 Å². The van der Waals surface area contributed by atoms with Crippen molar-refractivity contribution in [1.82, 2.24) is 0 Å². The number of benzene rings is 1. The molecule has 1 aromatic rings. The van der Waals surface area contributed by atoms with Gasteiger partial charge in [0.1, 0.15) is 5.75 Å². The van der Waals surface area contributed by atoms with Crippen LogP contribution in [0.4, 0.5) is 0 Å². The van der Waals surface area contributed by atoms with E-state index in [1.165, 1.54) is 0 Å². The first-order chi connectivity index (χ1) is 6.86. The number of esters is 1. The van der Waals surface area contributed by atoms with Crippen molar-refractivity contribution in [3.63, 3.8) is 0 Å². The Bertz CT molecular complexity index is 352. The van der Waals surface area contributed by atoms with E-state index in [1.54, 1.807) is 12.1 Å². The minimum Gasteiger partial charge on any atom is -0.423 e. The van der Waals surface area contributed by atoms with E-state index in [9.17, 15) is 4.79 Å². The molecule has 0 saturated carbocycles. The van der Waals surface area contributed by atoms with E-state index in [1.807, 2.05) is 24.3 Å². The highest BCUT2D eigenvalue weighted by Crippen LogP contribution is 2.20. The zero-order chi connectivity index (χ0) is 9.80. The second-order valence-electron chi connectivity index (χ2n) is 3.32. The maximum atomic E-state index is 11.5. The van der Waals surface area contributed by atoms with Gasteiger partial charge >= 0.3 is 5.97 Å². The van der Waals surface area contributed by atoms with Crippen molar-refractivity contribution in [2.45, 2.75) is 19.3 Å². The second kappa shape index (κ2) is 4.09. The van der Waals surface area contributed by atoms with Crippen molar-refractivity contribution in [2.75, 3.05) is 0 Å². The van der Waals surface area contributed by atoms with Crippen LogP contribution >= 0.6 is 0 Å². The van der Waals surface area contributed by atoms with Crippen LogP contribution in [-0.2, 0) is 4.79 Å². The number of hydrogen-bond donors (Lipinski definition) is 0. The molecule has 0 spiro atoms. The quantitative estimate of drug-likeness (QED) is 0.527. The van der Waals surface area contributed by atoms with Gasteiger partial charge in [0.25, 0.3) is 0 Å². The summed E-state index contributed by atoms with van der Waals surface area (Å²) in [7, 11) is 0. The molecule has 0 radical (unpaired) electrons. The van der Waals surface area contributed by atoms with E-state index < -0.39 is 0 Å². The van der Waals surface area contributed by atoms with Gasteiger partial charge in [-0.1, -0.05) is 24.3 Å². The van der Waals surface area contributed by atoms with E-state index in [0.29, 0.717) is 5.75 Å². The second-order valence-corrected chi connectivity index (χ2v) is 3.32. The average molecular weight is 188 g/mol. The first-order valence-electron chi connectivity index (χ1n) is 4.82. The Balaban J connectivity index is 2.01. The summed E-state index contributed by atoms with van der Waals surface area (Å²) in [4.78, 5) is 11.5. The molecule has 2 heteroatoms. The van der Waals surface area contributed by atoms with Crippen molar-refractivity contribution in [3.05, 3.63) is 42.0 Å². The van der Waals surface area contributed by atoms with Crippen molar-refractivity contribution in [3.8, 4) is 5.75 Å². The Morgan fingerprint density at radius 3 is 2.64 bits per heavy atom. The van der Waals surface area contributed by atoms with E-state index in [4.69, 9.17) is 4.74 Å². The van der Waals surface area contributed by atoms with Gasteiger partial charge in [0.15, 0.2) is 0 Å². The summed E-state index contributed by atoms with van der Waals surface area (Å²) in [6.45, 7) is 0. The van der Waals surface area contributed by atoms with Crippen molar-refractivity contribution < 1.29 is 9.53 Å². The highest BCUT2D eigenvalue weighted by molar-refractivity contribution is 5.90. The smallest absolute Gasteiger partial charge is 0.339 e. The fraction of sp³-hybridized carbons (Fsp3) is 0.250. The lowest BCUT2D eigenvalue weighted by Crippen LogP contribution is -2.09. The maximum Gasteiger partial charge on any atom is 0.339 e. The summed E-state index contributed by atoms with van der Waals surface area (Å²) >= 11 is 0. The topological polar surface area (TPSA) is 26.3 Å². The van der Waals surface area contributed by atoms with E-state index in [0.717, 1.165) is 24.8 Å². The molecule has 0 atom stereocenters. The molecular weight excluding hydrogens is 176 g/mol. The molecule has 14 heavy (non-hydrogen) atoms.